The minimum Gasteiger partial charge on any atom is -0.370 e. The fourth-order valence-corrected chi connectivity index (χ4v) is 8.76. The summed E-state index contributed by atoms with van der Waals surface area (Å²) in [6, 6.07) is 14.9. The number of aromatic nitrogens is 2. The lowest BCUT2D eigenvalue weighted by atomic mass is 9.99. The molecule has 76 heavy (non-hydrogen) atoms. The predicted octanol–water partition coefficient (Wildman–Crippen LogP) is 0.954. The van der Waals surface area contributed by atoms with Gasteiger partial charge in [-0.3, -0.25) is 43.3 Å². The molecule has 0 unspecified atom stereocenters. The number of nitrogens with two attached hydrogens (primary N) is 5. The molecule has 8 amide bonds. The van der Waals surface area contributed by atoms with E-state index in [0.717, 1.165) is 28.2 Å². The van der Waals surface area contributed by atoms with Gasteiger partial charge in [0, 0.05) is 66.4 Å². The van der Waals surface area contributed by atoms with Crippen LogP contribution < -0.4 is 60.6 Å². The largest absolute Gasteiger partial charge is 0.370 e. The summed E-state index contributed by atoms with van der Waals surface area (Å²) in [7, 11) is 0. The Labute approximate surface area is 441 Å². The number of rotatable bonds is 31. The van der Waals surface area contributed by atoms with E-state index < -0.39 is 89.6 Å². The third-order valence-corrected chi connectivity index (χ3v) is 12.8. The molecule has 0 fully saturated rings. The van der Waals surface area contributed by atoms with Gasteiger partial charge in [0.05, 0.1) is 6.04 Å². The predicted molar refractivity (Wildman–Crippen MR) is 290 cm³/mol. The molecule has 3 aromatic carbocycles. The van der Waals surface area contributed by atoms with Crippen molar-refractivity contribution in [3.05, 3.63) is 108 Å². The van der Waals surface area contributed by atoms with Gasteiger partial charge < -0.3 is 70.5 Å². The number of aromatic amines is 2. The van der Waals surface area contributed by atoms with Crippen LogP contribution in [0.3, 0.4) is 0 Å². The Kier molecular flexibility index (Phi) is 22.4. The van der Waals surface area contributed by atoms with Crippen molar-refractivity contribution in [1.82, 2.24) is 41.9 Å². The zero-order chi connectivity index (χ0) is 55.3. The number of benzene rings is 3. The molecule has 0 aliphatic rings. The number of primary amides is 2. The van der Waals surface area contributed by atoms with Crippen molar-refractivity contribution in [2.75, 3.05) is 6.54 Å². The second kappa shape index (κ2) is 29.0. The van der Waals surface area contributed by atoms with E-state index >= 15 is 0 Å². The Bertz CT molecular complexity index is 2810. The number of para-hydroxylation sites is 2. The molecular formula is C54H74N14O8. The molecule has 5 rings (SSSR count). The third kappa shape index (κ3) is 18.0. The first-order valence-corrected chi connectivity index (χ1v) is 25.7. The van der Waals surface area contributed by atoms with Gasteiger partial charge in [0.25, 0.3) is 0 Å². The van der Waals surface area contributed by atoms with Crippen molar-refractivity contribution < 1.29 is 38.4 Å². The first-order chi connectivity index (χ1) is 36.3. The van der Waals surface area contributed by atoms with E-state index in [1.54, 1.807) is 42.7 Å². The molecule has 408 valence electrons. The average Bonchev–Trinajstić information content (AvgIpc) is 4.00. The number of nitrogens with one attached hydrogen (secondary N) is 8. The number of carbonyl (C=O) groups excluding carboxylic acids is 8. The summed E-state index contributed by atoms with van der Waals surface area (Å²) in [6.07, 6.45) is 5.01. The molecule has 0 saturated carbocycles. The summed E-state index contributed by atoms with van der Waals surface area (Å²) in [5.74, 6) is -6.12. The molecule has 0 aliphatic heterocycles. The molecule has 5 aromatic rings. The van der Waals surface area contributed by atoms with Gasteiger partial charge in [-0.15, -0.1) is 0 Å². The number of unbranched alkanes of at least 4 members (excludes halogenated alkanes) is 1. The number of carbonyl (C=O) groups is 8. The van der Waals surface area contributed by atoms with Crippen LogP contribution in [-0.2, 0) is 57.6 Å². The van der Waals surface area contributed by atoms with Crippen molar-refractivity contribution in [3.8, 4) is 0 Å². The third-order valence-electron chi connectivity index (χ3n) is 12.8. The van der Waals surface area contributed by atoms with E-state index in [9.17, 15) is 38.4 Å². The van der Waals surface area contributed by atoms with Crippen LogP contribution in [0.25, 0.3) is 21.8 Å². The van der Waals surface area contributed by atoms with Crippen LogP contribution in [0.15, 0.2) is 96.2 Å². The first kappa shape index (κ1) is 58.6. The normalized spacial score (nSPS) is 14.0. The Hall–Kier alpha value is -8.27. The molecule has 2 heterocycles. The van der Waals surface area contributed by atoms with Gasteiger partial charge in [-0.05, 0) is 66.8 Å². The number of H-pyrrole nitrogens is 2. The zero-order valence-electron chi connectivity index (χ0n) is 43.4. The Morgan fingerprint density at radius 1 is 0.526 bits per heavy atom. The second-order valence-electron chi connectivity index (χ2n) is 19.4. The number of fused-ring (bicyclic) bond motifs is 2. The SMILES string of the molecule is CCCC[C@H](NC(=O)[C@H](CC(C)C)NC(=O)[C@@H](Cc1c[nH]c2ccccc12)NC(=O)[C@H](Cc1ccccc1)NC(=O)[C@@H](Cc1c[nH]c2ccccc12)NC(=O)[C@H](CCC(N)=O)NC(=O)[C@@H](N)CCCN=C(N)N)C(N)=O. The van der Waals surface area contributed by atoms with E-state index in [2.05, 4.69) is 46.9 Å². The minimum absolute atomic E-state index is 0.0540. The molecule has 18 N–H and O–H groups in total. The monoisotopic (exact) mass is 1050 g/mol. The summed E-state index contributed by atoms with van der Waals surface area (Å²) in [5, 5.41) is 18.2. The smallest absolute Gasteiger partial charge is 0.243 e. The van der Waals surface area contributed by atoms with Gasteiger partial charge in [0.1, 0.15) is 36.3 Å². The number of hydrogen-bond acceptors (Lipinski definition) is 10. The highest BCUT2D eigenvalue weighted by atomic mass is 16.2. The van der Waals surface area contributed by atoms with Crippen molar-refractivity contribution in [2.45, 2.75) is 134 Å². The summed E-state index contributed by atoms with van der Waals surface area (Å²) in [6.45, 7) is 5.90. The van der Waals surface area contributed by atoms with Crippen molar-refractivity contribution >= 4 is 75.0 Å². The Morgan fingerprint density at radius 2 is 0.987 bits per heavy atom. The highest BCUT2D eigenvalue weighted by molar-refractivity contribution is 5.98. The Balaban J connectivity index is 1.48. The van der Waals surface area contributed by atoms with Gasteiger partial charge >= 0.3 is 0 Å². The maximum absolute atomic E-state index is 15.0. The molecule has 22 nitrogen and oxygen atoms in total. The van der Waals surface area contributed by atoms with Gasteiger partial charge in [0.15, 0.2) is 5.96 Å². The van der Waals surface area contributed by atoms with E-state index in [-0.39, 0.29) is 63.4 Å². The molecule has 0 saturated heterocycles. The number of hydrogen-bond donors (Lipinski definition) is 13. The van der Waals surface area contributed by atoms with Gasteiger partial charge in [-0.25, -0.2) is 0 Å². The highest BCUT2D eigenvalue weighted by Gasteiger charge is 2.35. The topological polar surface area (TPSA) is 383 Å². The summed E-state index contributed by atoms with van der Waals surface area (Å²) >= 11 is 0. The molecular weight excluding hydrogens is 973 g/mol. The van der Waals surface area contributed by atoms with Crippen LogP contribution in [-0.4, -0.2) is 112 Å². The number of nitrogens with zero attached hydrogens (tertiary/aromatic N) is 1. The maximum atomic E-state index is 15.0. The number of amides is 8. The number of guanidine groups is 1. The summed E-state index contributed by atoms with van der Waals surface area (Å²) in [4.78, 5) is 121. The lowest BCUT2D eigenvalue weighted by Gasteiger charge is -2.28. The fraction of sp³-hybridized carbons (Fsp3) is 0.426. The molecule has 0 bridgehead atoms. The highest BCUT2D eigenvalue weighted by Crippen LogP contribution is 2.22. The first-order valence-electron chi connectivity index (χ1n) is 25.7. The van der Waals surface area contributed by atoms with Crippen molar-refractivity contribution in [3.63, 3.8) is 0 Å². The molecule has 22 heteroatoms. The van der Waals surface area contributed by atoms with E-state index in [4.69, 9.17) is 28.7 Å². The molecule has 0 spiro atoms. The summed E-state index contributed by atoms with van der Waals surface area (Å²) < 4.78 is 0. The second-order valence-corrected chi connectivity index (χ2v) is 19.4. The van der Waals surface area contributed by atoms with Crippen molar-refractivity contribution in [1.29, 1.82) is 0 Å². The quantitative estimate of drug-likeness (QED) is 0.0168. The standard InChI is InChI=1S/C54H74N14O8/c1-4-5-19-40(47(57)70)63-50(73)42(25-31(2)3)65-52(75)45(28-34-30-62-39-21-12-10-17-36(34)39)68-51(74)43(26-32-14-7-6-8-15-32)66-53(76)44(27-33-29-61-38-20-11-9-16-35(33)38)67-49(72)41(22-23-46(56)69)64-48(71)37(55)18-13-24-60-54(58)59/h6-12,14-17,20-21,29-31,37,40-45,61-62H,4-5,13,18-19,22-28,55H2,1-3H3,(H2,56,69)(H2,57,70)(H,63,73)(H,64,71)(H,65,75)(H,66,76)(H,67,72)(H,68,74)(H4,58,59,60)/t37-,40-,41-,42-,43-,44+,45+/m0/s1. The lowest BCUT2D eigenvalue weighted by molar-refractivity contribution is -0.135. The van der Waals surface area contributed by atoms with E-state index in [1.807, 2.05) is 69.3 Å². The Morgan fingerprint density at radius 3 is 1.49 bits per heavy atom. The molecule has 7 atom stereocenters. The van der Waals surface area contributed by atoms with Gasteiger partial charge in [-0.2, -0.15) is 0 Å². The number of aliphatic imine (C=N–C) groups is 1. The zero-order valence-corrected chi connectivity index (χ0v) is 43.4. The van der Waals surface area contributed by atoms with Crippen LogP contribution in [0.1, 0.15) is 88.8 Å². The fourth-order valence-electron chi connectivity index (χ4n) is 8.76. The van der Waals surface area contributed by atoms with Crippen LogP contribution in [0, 0.1) is 5.92 Å². The van der Waals surface area contributed by atoms with Crippen LogP contribution >= 0.6 is 0 Å². The van der Waals surface area contributed by atoms with E-state index in [0.29, 0.717) is 36.0 Å². The lowest BCUT2D eigenvalue weighted by Crippen LogP contribution is -2.61. The summed E-state index contributed by atoms with van der Waals surface area (Å²) in [5.41, 5.74) is 31.6. The van der Waals surface area contributed by atoms with Gasteiger partial charge in [-0.1, -0.05) is 100 Å². The molecule has 2 aromatic heterocycles. The van der Waals surface area contributed by atoms with E-state index in [1.165, 1.54) is 0 Å². The minimum atomic E-state index is -1.40. The maximum Gasteiger partial charge on any atom is 0.243 e. The molecule has 0 aliphatic carbocycles. The average molecular weight is 1050 g/mol. The van der Waals surface area contributed by atoms with Gasteiger partial charge in [0.2, 0.25) is 47.3 Å². The molecule has 0 radical (unpaired) electrons. The van der Waals surface area contributed by atoms with Crippen LogP contribution in [0.5, 0.6) is 0 Å². The van der Waals surface area contributed by atoms with Crippen LogP contribution in [0.4, 0.5) is 0 Å². The van der Waals surface area contributed by atoms with Crippen LogP contribution in [0.2, 0.25) is 0 Å². The van der Waals surface area contributed by atoms with Crippen molar-refractivity contribution in [2.24, 2.45) is 39.6 Å².